The number of aromatic nitrogens is 1. The third-order valence-corrected chi connectivity index (χ3v) is 4.16. The minimum absolute atomic E-state index is 0.0381. The van der Waals surface area contributed by atoms with Crippen LogP contribution < -0.4 is 5.32 Å². The lowest BCUT2D eigenvalue weighted by molar-refractivity contribution is 0.507. The third-order valence-electron chi connectivity index (χ3n) is 3.28. The summed E-state index contributed by atoms with van der Waals surface area (Å²) in [7, 11) is 0. The number of anilines is 1. The molecule has 3 nitrogen and oxygen atoms in total. The molecule has 0 bridgehead atoms. The molecule has 0 unspecified atom stereocenters. The molecule has 1 aromatic carbocycles. The SMILES string of the molecule is CC1(C)CCSC(Nc2cccc3ccncc23)=N1. The zero-order valence-electron chi connectivity index (χ0n) is 11.2. The summed E-state index contributed by atoms with van der Waals surface area (Å²) in [5.41, 5.74) is 1.12. The van der Waals surface area contributed by atoms with Gasteiger partial charge in [0.2, 0.25) is 0 Å². The number of hydrogen-bond donors (Lipinski definition) is 1. The van der Waals surface area contributed by atoms with Crippen LogP contribution in [0.5, 0.6) is 0 Å². The summed E-state index contributed by atoms with van der Waals surface area (Å²) >= 11 is 1.79. The number of hydrogen-bond acceptors (Lipinski definition) is 4. The highest BCUT2D eigenvalue weighted by molar-refractivity contribution is 8.14. The van der Waals surface area contributed by atoms with Crippen LogP contribution in [0.2, 0.25) is 0 Å². The first-order chi connectivity index (χ1) is 9.14. The van der Waals surface area contributed by atoms with Crippen molar-refractivity contribution in [2.45, 2.75) is 25.8 Å². The van der Waals surface area contributed by atoms with Crippen molar-refractivity contribution in [3.8, 4) is 0 Å². The Morgan fingerprint density at radius 2 is 2.16 bits per heavy atom. The number of thioether (sulfide) groups is 1. The van der Waals surface area contributed by atoms with Gasteiger partial charge in [-0.05, 0) is 37.8 Å². The van der Waals surface area contributed by atoms with Gasteiger partial charge in [0.25, 0.3) is 0 Å². The first-order valence-corrected chi connectivity index (χ1v) is 7.45. The summed E-state index contributed by atoms with van der Waals surface area (Å²) in [4.78, 5) is 8.97. The second kappa shape index (κ2) is 4.85. The van der Waals surface area contributed by atoms with Gasteiger partial charge in [0.15, 0.2) is 5.17 Å². The summed E-state index contributed by atoms with van der Waals surface area (Å²) in [6.07, 6.45) is 4.85. The number of amidine groups is 1. The molecule has 0 fully saturated rings. The van der Waals surface area contributed by atoms with E-state index in [4.69, 9.17) is 4.99 Å². The standard InChI is InChI=1S/C15H17N3S/c1-15(2)7-9-19-14(18-15)17-13-5-3-4-11-6-8-16-10-12(11)13/h3-6,8,10H,7,9H2,1-2H3,(H,17,18). The van der Waals surface area contributed by atoms with Crippen molar-refractivity contribution < 1.29 is 0 Å². The molecule has 0 radical (unpaired) electrons. The third kappa shape index (κ3) is 2.73. The Balaban J connectivity index is 1.96. The maximum absolute atomic E-state index is 4.76. The van der Waals surface area contributed by atoms with Crippen molar-refractivity contribution >= 4 is 33.4 Å². The number of rotatable bonds is 1. The van der Waals surface area contributed by atoms with Crippen LogP contribution in [-0.4, -0.2) is 21.4 Å². The van der Waals surface area contributed by atoms with Crippen LogP contribution in [0.25, 0.3) is 10.8 Å². The van der Waals surface area contributed by atoms with Gasteiger partial charge < -0.3 is 5.32 Å². The average molecular weight is 271 g/mol. The Hall–Kier alpha value is -1.55. The molecule has 1 N–H and O–H groups in total. The van der Waals surface area contributed by atoms with Gasteiger partial charge in [-0.2, -0.15) is 0 Å². The van der Waals surface area contributed by atoms with Gasteiger partial charge in [-0.25, -0.2) is 0 Å². The summed E-state index contributed by atoms with van der Waals surface area (Å²) in [6.45, 7) is 4.36. The van der Waals surface area contributed by atoms with Crippen molar-refractivity contribution in [3.63, 3.8) is 0 Å². The van der Waals surface area contributed by atoms with Gasteiger partial charge in [0.1, 0.15) is 0 Å². The van der Waals surface area contributed by atoms with Crippen LogP contribution in [0.3, 0.4) is 0 Å². The van der Waals surface area contributed by atoms with E-state index in [1.807, 2.05) is 18.5 Å². The fraction of sp³-hybridized carbons (Fsp3) is 0.333. The van der Waals surface area contributed by atoms with Crippen LogP contribution in [0.1, 0.15) is 20.3 Å². The van der Waals surface area contributed by atoms with Gasteiger partial charge in [0, 0.05) is 29.2 Å². The molecule has 4 heteroatoms. The highest BCUT2D eigenvalue weighted by Crippen LogP contribution is 2.29. The van der Waals surface area contributed by atoms with Crippen molar-refractivity contribution in [3.05, 3.63) is 36.7 Å². The molecular weight excluding hydrogens is 254 g/mol. The molecule has 0 spiro atoms. The van der Waals surface area contributed by atoms with Gasteiger partial charge in [-0.15, -0.1) is 0 Å². The van der Waals surface area contributed by atoms with E-state index >= 15 is 0 Å². The fourth-order valence-corrected chi connectivity index (χ4v) is 3.45. The summed E-state index contributed by atoms with van der Waals surface area (Å²) in [5.74, 6) is 1.11. The molecule has 2 heterocycles. The maximum atomic E-state index is 4.76. The minimum atomic E-state index is 0.0381. The molecule has 0 saturated carbocycles. The molecule has 0 atom stereocenters. The number of pyridine rings is 1. The van der Waals surface area contributed by atoms with Crippen molar-refractivity contribution in [1.82, 2.24) is 4.98 Å². The number of nitrogens with zero attached hydrogens (tertiary/aromatic N) is 2. The Morgan fingerprint density at radius 1 is 1.26 bits per heavy atom. The molecular formula is C15H17N3S. The number of aliphatic imine (C=N–C) groups is 1. The van der Waals surface area contributed by atoms with Crippen molar-refractivity contribution in [1.29, 1.82) is 0 Å². The van der Waals surface area contributed by atoms with E-state index in [1.54, 1.807) is 11.8 Å². The van der Waals surface area contributed by atoms with E-state index in [2.05, 4.69) is 42.3 Å². The van der Waals surface area contributed by atoms with E-state index in [0.717, 1.165) is 28.4 Å². The molecule has 0 amide bonds. The van der Waals surface area contributed by atoms with Crippen LogP contribution in [0.15, 0.2) is 41.7 Å². The van der Waals surface area contributed by atoms with Crippen LogP contribution >= 0.6 is 11.8 Å². The Bertz CT molecular complexity index is 629. The van der Waals surface area contributed by atoms with Crippen LogP contribution in [0, 0.1) is 0 Å². The van der Waals surface area contributed by atoms with Crippen LogP contribution in [-0.2, 0) is 0 Å². The molecule has 2 aromatic rings. The monoisotopic (exact) mass is 271 g/mol. The molecule has 1 aliphatic rings. The molecule has 1 aliphatic heterocycles. The van der Waals surface area contributed by atoms with E-state index in [1.165, 1.54) is 5.39 Å². The molecule has 1 aromatic heterocycles. The second-order valence-corrected chi connectivity index (χ2v) is 6.44. The largest absolute Gasteiger partial charge is 0.334 e. The predicted octanol–water partition coefficient (Wildman–Crippen LogP) is 3.92. The molecule has 0 saturated heterocycles. The predicted molar refractivity (Wildman–Crippen MR) is 84.0 cm³/mol. The fourth-order valence-electron chi connectivity index (χ4n) is 2.16. The van der Waals surface area contributed by atoms with E-state index < -0.39 is 0 Å². The lowest BCUT2D eigenvalue weighted by atomic mass is 10.0. The Kier molecular flexibility index (Phi) is 3.19. The highest BCUT2D eigenvalue weighted by atomic mass is 32.2. The van der Waals surface area contributed by atoms with Gasteiger partial charge in [0.05, 0.1) is 5.54 Å². The maximum Gasteiger partial charge on any atom is 0.161 e. The molecule has 98 valence electrons. The molecule has 19 heavy (non-hydrogen) atoms. The first kappa shape index (κ1) is 12.5. The smallest absolute Gasteiger partial charge is 0.161 e. The first-order valence-electron chi connectivity index (χ1n) is 6.46. The van der Waals surface area contributed by atoms with Gasteiger partial charge in [-0.3, -0.25) is 9.98 Å². The lowest BCUT2D eigenvalue weighted by Crippen LogP contribution is -2.27. The topological polar surface area (TPSA) is 37.3 Å². The molecule has 3 rings (SSSR count). The van der Waals surface area contributed by atoms with E-state index in [9.17, 15) is 0 Å². The zero-order chi connectivity index (χ0) is 13.3. The lowest BCUT2D eigenvalue weighted by Gasteiger charge is -2.26. The quantitative estimate of drug-likeness (QED) is 0.854. The summed E-state index contributed by atoms with van der Waals surface area (Å²) < 4.78 is 0. The van der Waals surface area contributed by atoms with E-state index in [-0.39, 0.29) is 5.54 Å². The Labute approximate surface area is 117 Å². The van der Waals surface area contributed by atoms with Gasteiger partial charge >= 0.3 is 0 Å². The zero-order valence-corrected chi connectivity index (χ0v) is 12.0. The Morgan fingerprint density at radius 3 is 3.00 bits per heavy atom. The number of benzene rings is 1. The highest BCUT2D eigenvalue weighted by Gasteiger charge is 2.22. The van der Waals surface area contributed by atoms with Crippen LogP contribution in [0.4, 0.5) is 5.69 Å². The van der Waals surface area contributed by atoms with Gasteiger partial charge in [-0.1, -0.05) is 23.9 Å². The number of fused-ring (bicyclic) bond motifs is 1. The van der Waals surface area contributed by atoms with Crippen molar-refractivity contribution in [2.24, 2.45) is 4.99 Å². The number of nitrogens with one attached hydrogen (secondary N) is 1. The van der Waals surface area contributed by atoms with E-state index in [0.29, 0.717) is 0 Å². The summed E-state index contributed by atoms with van der Waals surface area (Å²) in [6, 6.07) is 8.26. The normalized spacial score (nSPS) is 18.1. The second-order valence-electron chi connectivity index (χ2n) is 5.36. The molecule has 0 aliphatic carbocycles. The minimum Gasteiger partial charge on any atom is -0.334 e. The average Bonchev–Trinajstić information content (AvgIpc) is 2.38. The summed E-state index contributed by atoms with van der Waals surface area (Å²) in [5, 5.41) is 6.79. The van der Waals surface area contributed by atoms with Crippen molar-refractivity contribution in [2.75, 3.05) is 11.1 Å².